The zero-order valence-electron chi connectivity index (χ0n) is 19.8. The van der Waals surface area contributed by atoms with Crippen molar-refractivity contribution in [1.29, 1.82) is 0 Å². The van der Waals surface area contributed by atoms with Crippen LogP contribution in [0.4, 0.5) is 11.8 Å². The topological polar surface area (TPSA) is 61.8 Å². The number of amides is 1. The second-order valence-corrected chi connectivity index (χ2v) is 9.11. The van der Waals surface area contributed by atoms with Crippen LogP contribution in [0, 0.1) is 0 Å². The number of methoxy groups -OCH3 is 1. The molecule has 0 N–H and O–H groups in total. The summed E-state index contributed by atoms with van der Waals surface area (Å²) in [7, 11) is 3.74. The fraction of sp³-hybridized carbons (Fsp3) is 0.560. The van der Waals surface area contributed by atoms with Crippen molar-refractivity contribution in [2.45, 2.75) is 58.5 Å². The number of aromatic nitrogens is 2. The first-order valence-electron chi connectivity index (χ1n) is 11.7. The molecule has 1 aromatic carbocycles. The van der Waals surface area contributed by atoms with Crippen LogP contribution in [0.25, 0.3) is 0 Å². The van der Waals surface area contributed by atoms with Crippen LogP contribution in [0.1, 0.15) is 49.9 Å². The fourth-order valence-electron chi connectivity index (χ4n) is 4.40. The van der Waals surface area contributed by atoms with Crippen LogP contribution in [0.2, 0.25) is 0 Å². The highest BCUT2D eigenvalue weighted by Gasteiger charge is 2.28. The molecule has 2 aliphatic heterocycles. The number of ether oxygens (including phenoxy) is 1. The Balaban J connectivity index is 1.57. The molecule has 1 saturated heterocycles. The predicted octanol–water partition coefficient (Wildman–Crippen LogP) is 3.45. The molecule has 172 valence electrons. The summed E-state index contributed by atoms with van der Waals surface area (Å²) in [6, 6.07) is 8.04. The molecule has 4 rings (SSSR count). The molecule has 0 aliphatic carbocycles. The number of fused-ring (bicyclic) bond motifs is 1. The first-order chi connectivity index (χ1) is 15.5. The molecule has 2 aromatic rings. The standard InChI is InChI=1S/C25H35N5O2/c1-18(2)28(3)24-21-17-30(23(31)16-19-8-10-20(32-4)11-9-19)15-12-22(21)26-25(27-24)29-13-6-5-7-14-29/h8-11,18H,5-7,12-17H2,1-4H3. The van der Waals surface area contributed by atoms with E-state index >= 15 is 0 Å². The molecule has 0 saturated carbocycles. The maximum atomic E-state index is 13.1. The average Bonchev–Trinajstić information content (AvgIpc) is 2.83. The zero-order chi connectivity index (χ0) is 22.7. The normalized spacial score (nSPS) is 16.2. The number of hydrogen-bond donors (Lipinski definition) is 0. The summed E-state index contributed by atoms with van der Waals surface area (Å²) in [5, 5.41) is 0. The summed E-state index contributed by atoms with van der Waals surface area (Å²) in [6.07, 6.45) is 4.84. The first kappa shape index (κ1) is 22.4. The van der Waals surface area contributed by atoms with Gasteiger partial charge in [0.15, 0.2) is 0 Å². The van der Waals surface area contributed by atoms with E-state index in [1.54, 1.807) is 7.11 Å². The highest BCUT2D eigenvalue weighted by Crippen LogP contribution is 2.30. The van der Waals surface area contributed by atoms with E-state index in [0.29, 0.717) is 25.6 Å². The predicted molar refractivity (Wildman–Crippen MR) is 127 cm³/mol. The molecule has 1 fully saturated rings. The van der Waals surface area contributed by atoms with Gasteiger partial charge in [-0.1, -0.05) is 12.1 Å². The van der Waals surface area contributed by atoms with E-state index in [0.717, 1.165) is 53.8 Å². The smallest absolute Gasteiger partial charge is 0.227 e. The van der Waals surface area contributed by atoms with E-state index in [4.69, 9.17) is 14.7 Å². The lowest BCUT2D eigenvalue weighted by Gasteiger charge is -2.35. The second-order valence-electron chi connectivity index (χ2n) is 9.11. The minimum Gasteiger partial charge on any atom is -0.497 e. The monoisotopic (exact) mass is 437 g/mol. The molecule has 0 bridgehead atoms. The molecule has 7 heteroatoms. The Morgan fingerprint density at radius 1 is 1.09 bits per heavy atom. The Labute approximate surface area is 191 Å². The van der Waals surface area contributed by atoms with Gasteiger partial charge in [-0.25, -0.2) is 4.98 Å². The van der Waals surface area contributed by atoms with E-state index in [9.17, 15) is 4.79 Å². The third-order valence-corrected chi connectivity index (χ3v) is 6.64. The van der Waals surface area contributed by atoms with Crippen LogP contribution < -0.4 is 14.5 Å². The van der Waals surface area contributed by atoms with E-state index in [1.807, 2.05) is 29.2 Å². The number of anilines is 2. The quantitative estimate of drug-likeness (QED) is 0.690. The molecule has 2 aliphatic rings. The lowest BCUT2D eigenvalue weighted by atomic mass is 10.0. The van der Waals surface area contributed by atoms with Crippen LogP contribution in [0.5, 0.6) is 5.75 Å². The minimum absolute atomic E-state index is 0.138. The van der Waals surface area contributed by atoms with Crippen molar-refractivity contribution in [2.24, 2.45) is 0 Å². The summed E-state index contributed by atoms with van der Waals surface area (Å²) < 4.78 is 5.22. The maximum Gasteiger partial charge on any atom is 0.227 e. The van der Waals surface area contributed by atoms with Crippen molar-refractivity contribution in [1.82, 2.24) is 14.9 Å². The Kier molecular flexibility index (Phi) is 6.82. The Morgan fingerprint density at radius 3 is 2.47 bits per heavy atom. The van der Waals surface area contributed by atoms with E-state index in [1.165, 1.54) is 19.3 Å². The molecule has 3 heterocycles. The van der Waals surface area contributed by atoms with E-state index < -0.39 is 0 Å². The second kappa shape index (κ2) is 9.76. The van der Waals surface area contributed by atoms with Gasteiger partial charge in [-0.2, -0.15) is 4.98 Å². The molecule has 32 heavy (non-hydrogen) atoms. The van der Waals surface area contributed by atoms with Gasteiger partial charge in [-0.15, -0.1) is 0 Å². The minimum atomic E-state index is 0.138. The number of rotatable bonds is 6. The number of nitrogens with zero attached hydrogens (tertiary/aromatic N) is 5. The maximum absolute atomic E-state index is 13.1. The fourth-order valence-corrected chi connectivity index (χ4v) is 4.40. The molecule has 1 amide bonds. The van der Waals surface area contributed by atoms with Crippen LogP contribution in [-0.4, -0.2) is 60.6 Å². The molecule has 7 nitrogen and oxygen atoms in total. The summed E-state index contributed by atoms with van der Waals surface area (Å²) in [5.41, 5.74) is 3.19. The lowest BCUT2D eigenvalue weighted by Crippen LogP contribution is -2.40. The lowest BCUT2D eigenvalue weighted by molar-refractivity contribution is -0.131. The van der Waals surface area contributed by atoms with Crippen LogP contribution in [0.3, 0.4) is 0 Å². The van der Waals surface area contributed by atoms with Gasteiger partial charge in [0.1, 0.15) is 11.6 Å². The molecular weight excluding hydrogens is 402 g/mol. The Morgan fingerprint density at radius 2 is 1.81 bits per heavy atom. The molecule has 0 spiro atoms. The van der Waals surface area contributed by atoms with Gasteiger partial charge in [-0.05, 0) is 50.8 Å². The van der Waals surface area contributed by atoms with Gasteiger partial charge < -0.3 is 19.4 Å². The van der Waals surface area contributed by atoms with Gasteiger partial charge in [0, 0.05) is 44.7 Å². The summed E-state index contributed by atoms with van der Waals surface area (Å²) in [4.78, 5) is 29.6. The van der Waals surface area contributed by atoms with Gasteiger partial charge in [0.2, 0.25) is 11.9 Å². The molecule has 0 atom stereocenters. The summed E-state index contributed by atoms with van der Waals surface area (Å²) >= 11 is 0. The molecule has 0 radical (unpaired) electrons. The van der Waals surface area contributed by atoms with Gasteiger partial charge in [-0.3, -0.25) is 4.79 Å². The Hall–Kier alpha value is -2.83. The van der Waals surface area contributed by atoms with Gasteiger partial charge in [0.25, 0.3) is 0 Å². The van der Waals surface area contributed by atoms with Crippen LogP contribution in [0.15, 0.2) is 24.3 Å². The van der Waals surface area contributed by atoms with Crippen LogP contribution in [-0.2, 0) is 24.2 Å². The highest BCUT2D eigenvalue weighted by molar-refractivity contribution is 5.79. The van der Waals surface area contributed by atoms with E-state index in [2.05, 4.69) is 30.7 Å². The number of hydrogen-bond acceptors (Lipinski definition) is 6. The SMILES string of the molecule is COc1ccc(CC(=O)N2CCc3nc(N4CCCCC4)nc(N(C)C(C)C)c3C2)cc1. The van der Waals surface area contributed by atoms with Crippen molar-refractivity contribution in [3.05, 3.63) is 41.1 Å². The summed E-state index contributed by atoms with van der Waals surface area (Å²) in [6.45, 7) is 7.65. The average molecular weight is 438 g/mol. The van der Waals surface area contributed by atoms with Gasteiger partial charge in [0.05, 0.1) is 25.8 Å². The van der Waals surface area contributed by atoms with E-state index in [-0.39, 0.29) is 5.91 Å². The van der Waals surface area contributed by atoms with Crippen molar-refractivity contribution in [3.63, 3.8) is 0 Å². The van der Waals surface area contributed by atoms with Crippen molar-refractivity contribution in [2.75, 3.05) is 43.6 Å². The molecule has 0 unspecified atom stereocenters. The number of piperidine rings is 1. The van der Waals surface area contributed by atoms with Crippen molar-refractivity contribution < 1.29 is 9.53 Å². The van der Waals surface area contributed by atoms with Gasteiger partial charge >= 0.3 is 0 Å². The number of benzene rings is 1. The molecular formula is C25H35N5O2. The number of carbonyl (C=O) groups excluding carboxylic acids is 1. The third-order valence-electron chi connectivity index (χ3n) is 6.64. The zero-order valence-corrected chi connectivity index (χ0v) is 19.8. The van der Waals surface area contributed by atoms with Crippen molar-refractivity contribution in [3.8, 4) is 5.75 Å². The summed E-state index contributed by atoms with van der Waals surface area (Å²) in [5.74, 6) is 2.76. The Bertz CT molecular complexity index is 938. The molecule has 1 aromatic heterocycles. The largest absolute Gasteiger partial charge is 0.497 e. The highest BCUT2D eigenvalue weighted by atomic mass is 16.5. The van der Waals surface area contributed by atoms with Crippen LogP contribution >= 0.6 is 0 Å². The third kappa shape index (κ3) is 4.81. The first-order valence-corrected chi connectivity index (χ1v) is 11.7. The van der Waals surface area contributed by atoms with Crippen molar-refractivity contribution >= 4 is 17.7 Å². The number of carbonyl (C=O) groups is 1.